The minimum atomic E-state index is -0.475. The highest BCUT2D eigenvalue weighted by Gasteiger charge is 2.14. The number of fused-ring (bicyclic) bond motifs is 3. The first-order valence-corrected chi connectivity index (χ1v) is 10.1. The van der Waals surface area contributed by atoms with Gasteiger partial charge in [-0.05, 0) is 50.2 Å². The van der Waals surface area contributed by atoms with Crippen LogP contribution >= 0.6 is 0 Å². The zero-order chi connectivity index (χ0) is 20.1. The summed E-state index contributed by atoms with van der Waals surface area (Å²) >= 11 is 0. The third-order valence-corrected chi connectivity index (χ3v) is 4.88. The Hall–Kier alpha value is -2.78. The van der Waals surface area contributed by atoms with Crippen LogP contribution in [0.2, 0.25) is 0 Å². The average molecular weight is 375 g/mol. The maximum Gasteiger partial charge on any atom is 0.0891 e. The first kappa shape index (κ1) is 20.0. The van der Waals surface area contributed by atoms with Crippen molar-refractivity contribution in [3.05, 3.63) is 77.9 Å². The zero-order valence-electron chi connectivity index (χ0n) is 17.2. The van der Waals surface area contributed by atoms with Crippen molar-refractivity contribution in [2.24, 2.45) is 0 Å². The maximum absolute atomic E-state index is 10.6. The lowest BCUT2D eigenvalue weighted by molar-refractivity contribution is 0.169. The number of rotatable bonds is 5. The summed E-state index contributed by atoms with van der Waals surface area (Å²) in [4.78, 5) is 0. The van der Waals surface area contributed by atoms with Crippen LogP contribution in [0.5, 0.6) is 0 Å². The van der Waals surface area contributed by atoms with Gasteiger partial charge >= 0.3 is 0 Å². The van der Waals surface area contributed by atoms with Crippen molar-refractivity contribution < 1.29 is 5.11 Å². The van der Waals surface area contributed by atoms with Gasteiger partial charge in [0, 0.05) is 34.0 Å². The lowest BCUT2D eigenvalue weighted by atomic mass is 10.1. The molecule has 1 aromatic heterocycles. The van der Waals surface area contributed by atoms with Crippen LogP contribution in [-0.4, -0.2) is 22.3 Å². The Morgan fingerprint density at radius 2 is 1.36 bits per heavy atom. The van der Waals surface area contributed by atoms with Crippen LogP contribution in [-0.2, 0) is 6.54 Å². The molecule has 0 aliphatic heterocycles. The van der Waals surface area contributed by atoms with E-state index in [1.807, 2.05) is 44.2 Å². The van der Waals surface area contributed by atoms with E-state index in [4.69, 9.17) is 0 Å². The third kappa shape index (κ3) is 4.20. The van der Waals surface area contributed by atoms with E-state index in [9.17, 15) is 5.11 Å². The predicted molar refractivity (Wildman–Crippen MR) is 121 cm³/mol. The molecule has 0 radical (unpaired) electrons. The summed E-state index contributed by atoms with van der Waals surface area (Å²) in [6.45, 7) is 9.32. The molecule has 0 saturated heterocycles. The number of nitrogens with one attached hydrogen (secondary N) is 1. The monoisotopic (exact) mass is 374 g/mol. The molecule has 0 aliphatic carbocycles. The van der Waals surface area contributed by atoms with Gasteiger partial charge in [0.05, 0.1) is 12.6 Å². The van der Waals surface area contributed by atoms with Gasteiger partial charge in [0.25, 0.3) is 0 Å². The third-order valence-electron chi connectivity index (χ3n) is 4.88. The largest absolute Gasteiger partial charge is 0.389 e. The Bertz CT molecular complexity index is 991. The number of hydrogen-bond donors (Lipinski definition) is 2. The fourth-order valence-electron chi connectivity index (χ4n) is 3.60. The molecule has 3 aromatic carbocycles. The second-order valence-electron chi connectivity index (χ2n) is 7.05. The van der Waals surface area contributed by atoms with Gasteiger partial charge in [0.15, 0.2) is 0 Å². The standard InChI is InChI=1S/C23H24N2O.C2H6/c1-16-8-10-22-20(12-16)21-13-17(2)9-11-23(21)25(22)15-19(26)14-24-18-6-4-3-5-7-18;1-2/h3-13,19,24,26H,14-15H2,1-2H3;1-2H3. The number of aromatic nitrogens is 1. The fraction of sp³-hybridized carbons (Fsp3) is 0.280. The van der Waals surface area contributed by atoms with Gasteiger partial charge < -0.3 is 15.0 Å². The minimum absolute atomic E-state index is 0.475. The molecule has 1 atom stereocenters. The average Bonchev–Trinajstić information content (AvgIpc) is 3.01. The molecule has 4 rings (SSSR count). The minimum Gasteiger partial charge on any atom is -0.389 e. The highest BCUT2D eigenvalue weighted by Crippen LogP contribution is 2.30. The van der Waals surface area contributed by atoms with Gasteiger partial charge in [-0.1, -0.05) is 55.3 Å². The molecule has 4 aromatic rings. The molecule has 1 unspecified atom stereocenters. The van der Waals surface area contributed by atoms with E-state index in [0.29, 0.717) is 13.1 Å². The van der Waals surface area contributed by atoms with Crippen LogP contribution in [0.4, 0.5) is 5.69 Å². The zero-order valence-corrected chi connectivity index (χ0v) is 17.2. The van der Waals surface area contributed by atoms with Crippen LogP contribution in [0.1, 0.15) is 25.0 Å². The molecule has 0 fully saturated rings. The van der Waals surface area contributed by atoms with Crippen molar-refractivity contribution in [3.8, 4) is 0 Å². The summed E-state index contributed by atoms with van der Waals surface area (Å²) in [5, 5.41) is 16.4. The Kier molecular flexibility index (Phi) is 6.37. The number of hydrogen-bond acceptors (Lipinski definition) is 2. The molecule has 0 saturated carbocycles. The maximum atomic E-state index is 10.6. The number of para-hydroxylation sites is 1. The first-order chi connectivity index (χ1) is 13.6. The van der Waals surface area contributed by atoms with E-state index in [0.717, 1.165) is 5.69 Å². The number of nitrogens with zero attached hydrogens (tertiary/aromatic N) is 1. The van der Waals surface area contributed by atoms with Crippen molar-refractivity contribution >= 4 is 27.5 Å². The van der Waals surface area contributed by atoms with E-state index in [1.165, 1.54) is 32.9 Å². The van der Waals surface area contributed by atoms with E-state index in [-0.39, 0.29) is 0 Å². The SMILES string of the molecule is CC.Cc1ccc2c(c1)c1cc(C)ccc1n2CC(O)CNc1ccccc1. The van der Waals surface area contributed by atoms with Crippen LogP contribution in [0, 0.1) is 13.8 Å². The highest BCUT2D eigenvalue weighted by atomic mass is 16.3. The number of aryl methyl sites for hydroxylation is 2. The topological polar surface area (TPSA) is 37.2 Å². The summed E-state index contributed by atoms with van der Waals surface area (Å²) in [5.74, 6) is 0. The van der Waals surface area contributed by atoms with Gasteiger partial charge in [-0.3, -0.25) is 0 Å². The number of benzene rings is 3. The van der Waals surface area contributed by atoms with E-state index in [1.54, 1.807) is 0 Å². The van der Waals surface area contributed by atoms with Crippen molar-refractivity contribution in [1.82, 2.24) is 4.57 Å². The fourth-order valence-corrected chi connectivity index (χ4v) is 3.60. The Labute approximate surface area is 167 Å². The molecule has 1 heterocycles. The van der Waals surface area contributed by atoms with E-state index in [2.05, 4.69) is 60.1 Å². The highest BCUT2D eigenvalue weighted by molar-refractivity contribution is 6.08. The van der Waals surface area contributed by atoms with Crippen LogP contribution in [0.15, 0.2) is 66.7 Å². The lowest BCUT2D eigenvalue weighted by Crippen LogP contribution is -2.24. The van der Waals surface area contributed by atoms with Crippen molar-refractivity contribution in [2.75, 3.05) is 11.9 Å². The van der Waals surface area contributed by atoms with Crippen molar-refractivity contribution in [3.63, 3.8) is 0 Å². The molecular weight excluding hydrogens is 344 g/mol. The Balaban J connectivity index is 0.00000109. The molecule has 3 nitrogen and oxygen atoms in total. The van der Waals surface area contributed by atoms with Crippen LogP contribution < -0.4 is 5.32 Å². The van der Waals surface area contributed by atoms with Crippen LogP contribution in [0.25, 0.3) is 21.8 Å². The quantitative estimate of drug-likeness (QED) is 0.455. The van der Waals surface area contributed by atoms with Gasteiger partial charge in [-0.2, -0.15) is 0 Å². The molecule has 0 spiro atoms. The lowest BCUT2D eigenvalue weighted by Gasteiger charge is -2.15. The summed E-state index contributed by atoms with van der Waals surface area (Å²) < 4.78 is 2.24. The first-order valence-electron chi connectivity index (χ1n) is 10.1. The Morgan fingerprint density at radius 3 is 1.89 bits per heavy atom. The summed E-state index contributed by atoms with van der Waals surface area (Å²) in [6.07, 6.45) is -0.475. The van der Waals surface area contributed by atoms with Crippen molar-refractivity contribution in [1.29, 1.82) is 0 Å². The Morgan fingerprint density at radius 1 is 0.821 bits per heavy atom. The van der Waals surface area contributed by atoms with Gasteiger partial charge in [-0.25, -0.2) is 0 Å². The number of aliphatic hydroxyl groups is 1. The van der Waals surface area contributed by atoms with Gasteiger partial charge in [0.1, 0.15) is 0 Å². The second kappa shape index (κ2) is 8.94. The smallest absolute Gasteiger partial charge is 0.0891 e. The van der Waals surface area contributed by atoms with Crippen molar-refractivity contribution in [2.45, 2.75) is 40.3 Å². The summed E-state index contributed by atoms with van der Waals surface area (Å²) in [6, 6.07) is 23.1. The molecule has 146 valence electrons. The number of anilines is 1. The second-order valence-corrected chi connectivity index (χ2v) is 7.05. The van der Waals surface area contributed by atoms with E-state index < -0.39 is 6.10 Å². The molecule has 0 aliphatic rings. The summed E-state index contributed by atoms with van der Waals surface area (Å²) in [5.41, 5.74) is 5.89. The van der Waals surface area contributed by atoms with Gasteiger partial charge in [0.2, 0.25) is 0 Å². The van der Waals surface area contributed by atoms with Crippen LogP contribution in [0.3, 0.4) is 0 Å². The molecule has 3 heteroatoms. The number of aliphatic hydroxyl groups excluding tert-OH is 1. The molecule has 0 amide bonds. The summed E-state index contributed by atoms with van der Waals surface area (Å²) in [7, 11) is 0. The molecular formula is C25H30N2O. The normalized spacial score (nSPS) is 11.9. The van der Waals surface area contributed by atoms with E-state index >= 15 is 0 Å². The van der Waals surface area contributed by atoms with Gasteiger partial charge in [-0.15, -0.1) is 0 Å². The predicted octanol–water partition coefficient (Wildman–Crippen LogP) is 5.91. The molecule has 0 bridgehead atoms. The molecule has 28 heavy (non-hydrogen) atoms. The molecule has 2 N–H and O–H groups in total.